The van der Waals surface area contributed by atoms with Gasteiger partial charge in [-0.1, -0.05) is 19.1 Å². The molecule has 0 spiro atoms. The fraction of sp³-hybridized carbons (Fsp3) is 0.611. The quantitative estimate of drug-likeness (QED) is 0.745. The van der Waals surface area contributed by atoms with Gasteiger partial charge in [0.05, 0.1) is 12.2 Å². The van der Waals surface area contributed by atoms with Crippen LogP contribution in [-0.4, -0.2) is 66.3 Å². The molecular weight excluding hydrogens is 292 g/mol. The van der Waals surface area contributed by atoms with Crippen LogP contribution in [0, 0.1) is 0 Å². The molecule has 1 saturated heterocycles. The minimum Gasteiger partial charge on any atom is -0.478 e. The van der Waals surface area contributed by atoms with Gasteiger partial charge in [0.2, 0.25) is 0 Å². The summed E-state index contributed by atoms with van der Waals surface area (Å²) in [7, 11) is 0. The Morgan fingerprint density at radius 1 is 1.35 bits per heavy atom. The van der Waals surface area contributed by atoms with Gasteiger partial charge in [-0.15, -0.1) is 0 Å². The van der Waals surface area contributed by atoms with E-state index < -0.39 is 5.97 Å². The van der Waals surface area contributed by atoms with Gasteiger partial charge in [-0.05, 0) is 31.0 Å². The van der Waals surface area contributed by atoms with Crippen molar-refractivity contribution in [3.8, 4) is 0 Å². The Bertz CT molecular complexity index is 507. The first-order valence-corrected chi connectivity index (χ1v) is 8.50. The first kappa shape index (κ1) is 17.9. The zero-order valence-corrected chi connectivity index (χ0v) is 14.2. The fourth-order valence-corrected chi connectivity index (χ4v) is 3.17. The van der Waals surface area contributed by atoms with Gasteiger partial charge >= 0.3 is 5.97 Å². The Morgan fingerprint density at radius 2 is 2.17 bits per heavy atom. The summed E-state index contributed by atoms with van der Waals surface area (Å²) in [5.74, 6) is -0.862. The molecule has 1 aliphatic heterocycles. The van der Waals surface area contributed by atoms with Gasteiger partial charge in [-0.2, -0.15) is 0 Å². The minimum absolute atomic E-state index is 0.366. The fourth-order valence-electron chi connectivity index (χ4n) is 3.17. The van der Waals surface area contributed by atoms with Crippen LogP contribution >= 0.6 is 0 Å². The van der Waals surface area contributed by atoms with E-state index in [0.29, 0.717) is 11.6 Å². The summed E-state index contributed by atoms with van der Waals surface area (Å²) < 4.78 is 5.48. The predicted molar refractivity (Wildman–Crippen MR) is 90.8 cm³/mol. The SMILES string of the molecule is CCOCCN1CCN(Cc2cccc(C(=O)O)c2)CC1CC. The lowest BCUT2D eigenvalue weighted by atomic mass is 10.1. The average molecular weight is 320 g/mol. The summed E-state index contributed by atoms with van der Waals surface area (Å²) in [5.41, 5.74) is 1.44. The molecule has 1 heterocycles. The average Bonchev–Trinajstić information content (AvgIpc) is 2.56. The molecule has 1 atom stereocenters. The number of carboxylic acids is 1. The molecule has 5 nitrogen and oxygen atoms in total. The Hall–Kier alpha value is -1.43. The highest BCUT2D eigenvalue weighted by atomic mass is 16.5. The number of aromatic carboxylic acids is 1. The molecule has 5 heteroatoms. The van der Waals surface area contributed by atoms with Gasteiger partial charge in [-0.3, -0.25) is 9.80 Å². The lowest BCUT2D eigenvalue weighted by molar-refractivity contribution is 0.0385. The Balaban J connectivity index is 1.90. The third-order valence-corrected chi connectivity index (χ3v) is 4.47. The van der Waals surface area contributed by atoms with E-state index in [2.05, 4.69) is 16.7 Å². The van der Waals surface area contributed by atoms with E-state index >= 15 is 0 Å². The highest BCUT2D eigenvalue weighted by Crippen LogP contribution is 2.16. The van der Waals surface area contributed by atoms with Gasteiger partial charge in [0, 0.05) is 45.4 Å². The first-order valence-electron chi connectivity index (χ1n) is 8.50. The van der Waals surface area contributed by atoms with Crippen LogP contribution in [0.25, 0.3) is 0 Å². The number of hydrogen-bond acceptors (Lipinski definition) is 4. The van der Waals surface area contributed by atoms with Crippen molar-refractivity contribution in [3.05, 3.63) is 35.4 Å². The summed E-state index contributed by atoms with van der Waals surface area (Å²) in [5, 5.41) is 9.10. The van der Waals surface area contributed by atoms with Gasteiger partial charge in [-0.25, -0.2) is 4.79 Å². The molecule has 2 rings (SSSR count). The molecule has 0 radical (unpaired) electrons. The summed E-state index contributed by atoms with van der Waals surface area (Å²) >= 11 is 0. The maximum atomic E-state index is 11.1. The molecule has 1 aromatic rings. The second kappa shape index (κ2) is 9.01. The largest absolute Gasteiger partial charge is 0.478 e. The number of benzene rings is 1. The number of ether oxygens (including phenoxy) is 1. The van der Waals surface area contributed by atoms with Crippen LogP contribution in [0.4, 0.5) is 0 Å². The monoisotopic (exact) mass is 320 g/mol. The number of nitrogens with zero attached hydrogens (tertiary/aromatic N) is 2. The van der Waals surface area contributed by atoms with E-state index in [-0.39, 0.29) is 0 Å². The second-order valence-electron chi connectivity index (χ2n) is 6.04. The van der Waals surface area contributed by atoms with Crippen molar-refractivity contribution in [2.75, 3.05) is 39.4 Å². The van der Waals surface area contributed by atoms with Crippen molar-refractivity contribution in [1.29, 1.82) is 0 Å². The summed E-state index contributed by atoms with van der Waals surface area (Å²) in [4.78, 5) is 16.0. The topological polar surface area (TPSA) is 53.0 Å². The van der Waals surface area contributed by atoms with E-state index in [1.807, 2.05) is 19.1 Å². The summed E-state index contributed by atoms with van der Waals surface area (Å²) in [6, 6.07) is 7.81. The summed E-state index contributed by atoms with van der Waals surface area (Å²) in [6.07, 6.45) is 1.12. The molecule has 1 fully saturated rings. The van der Waals surface area contributed by atoms with Gasteiger partial charge < -0.3 is 9.84 Å². The maximum absolute atomic E-state index is 11.1. The van der Waals surface area contributed by atoms with Gasteiger partial charge in [0.1, 0.15) is 0 Å². The smallest absolute Gasteiger partial charge is 0.335 e. The van der Waals surface area contributed by atoms with Crippen LogP contribution in [0.1, 0.15) is 36.2 Å². The van der Waals surface area contributed by atoms with Crippen molar-refractivity contribution >= 4 is 5.97 Å². The van der Waals surface area contributed by atoms with E-state index in [1.54, 1.807) is 12.1 Å². The van der Waals surface area contributed by atoms with Crippen LogP contribution < -0.4 is 0 Å². The molecule has 23 heavy (non-hydrogen) atoms. The van der Waals surface area contributed by atoms with Gasteiger partial charge in [0.15, 0.2) is 0 Å². The van der Waals surface area contributed by atoms with E-state index in [9.17, 15) is 4.79 Å². The molecule has 0 aliphatic carbocycles. The normalized spacial score (nSPS) is 19.8. The Labute approximate surface area is 138 Å². The Kier molecular flexibility index (Phi) is 7.02. The highest BCUT2D eigenvalue weighted by Gasteiger charge is 2.25. The molecule has 0 aromatic heterocycles. The third-order valence-electron chi connectivity index (χ3n) is 4.47. The van der Waals surface area contributed by atoms with Crippen LogP contribution in [0.15, 0.2) is 24.3 Å². The van der Waals surface area contributed by atoms with Crippen molar-refractivity contribution in [2.45, 2.75) is 32.9 Å². The molecular formula is C18H28N2O3. The van der Waals surface area contributed by atoms with Crippen molar-refractivity contribution in [1.82, 2.24) is 9.80 Å². The molecule has 1 N–H and O–H groups in total. The molecule has 1 aromatic carbocycles. The zero-order chi connectivity index (χ0) is 16.7. The van der Waals surface area contributed by atoms with E-state index in [4.69, 9.17) is 9.84 Å². The van der Waals surface area contributed by atoms with Crippen molar-refractivity contribution < 1.29 is 14.6 Å². The van der Waals surface area contributed by atoms with E-state index in [1.165, 1.54) is 0 Å². The molecule has 128 valence electrons. The molecule has 1 aliphatic rings. The van der Waals surface area contributed by atoms with Gasteiger partial charge in [0.25, 0.3) is 0 Å². The van der Waals surface area contributed by atoms with Crippen LogP contribution in [0.5, 0.6) is 0 Å². The maximum Gasteiger partial charge on any atom is 0.335 e. The first-order chi connectivity index (χ1) is 11.1. The molecule has 0 amide bonds. The molecule has 0 saturated carbocycles. The van der Waals surface area contributed by atoms with Crippen LogP contribution in [0.3, 0.4) is 0 Å². The number of piperazine rings is 1. The number of carbonyl (C=O) groups is 1. The standard InChI is InChI=1S/C18H28N2O3/c1-3-17-14-19(8-9-20(17)10-11-23-4-2)13-15-6-5-7-16(12-15)18(21)22/h5-7,12,17H,3-4,8-11,13-14H2,1-2H3,(H,21,22). The minimum atomic E-state index is -0.862. The predicted octanol–water partition coefficient (Wildman–Crippen LogP) is 2.32. The number of rotatable bonds is 8. The van der Waals surface area contributed by atoms with E-state index in [0.717, 1.165) is 57.9 Å². The van der Waals surface area contributed by atoms with Crippen molar-refractivity contribution in [2.24, 2.45) is 0 Å². The van der Waals surface area contributed by atoms with Crippen molar-refractivity contribution in [3.63, 3.8) is 0 Å². The third kappa shape index (κ3) is 5.30. The zero-order valence-electron chi connectivity index (χ0n) is 14.2. The summed E-state index contributed by atoms with van der Waals surface area (Å²) in [6.45, 7) is 10.7. The number of hydrogen-bond donors (Lipinski definition) is 1. The van der Waals surface area contributed by atoms with Crippen LogP contribution in [-0.2, 0) is 11.3 Å². The lowest BCUT2D eigenvalue weighted by Gasteiger charge is -2.41. The second-order valence-corrected chi connectivity index (χ2v) is 6.04. The Morgan fingerprint density at radius 3 is 2.87 bits per heavy atom. The highest BCUT2D eigenvalue weighted by molar-refractivity contribution is 5.87. The van der Waals surface area contributed by atoms with Crippen LogP contribution in [0.2, 0.25) is 0 Å². The number of carboxylic acid groups (broad SMARTS) is 1. The lowest BCUT2D eigenvalue weighted by Crippen LogP contribution is -2.53. The molecule has 1 unspecified atom stereocenters. The molecule has 0 bridgehead atoms.